The maximum Gasteiger partial charge on any atom is 0.401 e. The Bertz CT molecular complexity index is 22.4. The van der Waals surface area contributed by atoms with Gasteiger partial charge in [0.2, 0.25) is 0 Å². The molecule has 0 aromatic rings. The third-order valence-corrected chi connectivity index (χ3v) is 0. The van der Waals surface area contributed by atoms with Crippen molar-refractivity contribution in [3.63, 3.8) is 0 Å². The molecule has 5 heavy (non-hydrogen) atoms. The molecule has 0 fully saturated rings. The van der Waals surface area contributed by atoms with E-state index in [0.29, 0.717) is 0 Å². The van der Waals surface area contributed by atoms with Crippen LogP contribution in [0.2, 0.25) is 13.1 Å². The maximum atomic E-state index is 8.55. The van der Waals surface area contributed by atoms with Crippen LogP contribution in [0.15, 0.2) is 0 Å². The number of hydrogen-bond donors (Lipinski definition) is 1. The van der Waals surface area contributed by atoms with Crippen molar-refractivity contribution in [1.82, 2.24) is 0 Å². The Balaban J connectivity index is 3.02. The molecule has 0 amide bonds. The average Bonchev–Trinajstić information content (AvgIpc) is 0.722. The second-order valence-electron chi connectivity index (χ2n) is 1.81. The van der Waals surface area contributed by atoms with E-state index >= 15 is 0 Å². The van der Waals surface area contributed by atoms with E-state index in [2.05, 4.69) is 6.55 Å². The lowest BCUT2D eigenvalue weighted by molar-refractivity contribution is 0.566. The Labute approximate surface area is 33.8 Å². The fraction of sp³-hybridized carbons (Fsp3) is 0.667. The molecule has 30 valence electrons. The van der Waals surface area contributed by atoms with Gasteiger partial charge in [0.05, 0.1) is 0 Å². The predicted molar refractivity (Wildman–Crippen MR) is 25.1 cm³/mol. The standard InChI is InChI=1S/C3H9OSi/c1-5(2,3)4/h4H,1H2,2-3H3/q+1. The van der Waals surface area contributed by atoms with Gasteiger partial charge >= 0.3 is 8.32 Å². The monoisotopic (exact) mass is 89.0 g/mol. The normalized spacial score (nSPS) is 11.8. The molecule has 0 aliphatic rings. The maximum absolute atomic E-state index is 8.55. The van der Waals surface area contributed by atoms with E-state index in [1.54, 1.807) is 13.1 Å². The fourth-order valence-electron chi connectivity index (χ4n) is 0. The van der Waals surface area contributed by atoms with E-state index in [9.17, 15) is 0 Å². The Morgan fingerprint density at radius 1 is 1.60 bits per heavy atom. The van der Waals surface area contributed by atoms with Crippen molar-refractivity contribution in [1.29, 1.82) is 0 Å². The molecule has 2 heteroatoms. The van der Waals surface area contributed by atoms with Gasteiger partial charge in [0, 0.05) is 6.55 Å². The summed E-state index contributed by atoms with van der Waals surface area (Å²) in [5.41, 5.74) is 0. The van der Waals surface area contributed by atoms with Crippen molar-refractivity contribution in [3.05, 3.63) is 6.55 Å². The first-order valence-electron chi connectivity index (χ1n) is 1.58. The molecule has 0 radical (unpaired) electrons. The molecule has 0 spiro atoms. The zero-order chi connectivity index (χ0) is 4.50. The van der Waals surface area contributed by atoms with E-state index in [4.69, 9.17) is 4.80 Å². The molecule has 0 aliphatic heterocycles. The molecular weight excluding hydrogens is 80.1 g/mol. The molecule has 0 bridgehead atoms. The van der Waals surface area contributed by atoms with Crippen LogP contribution in [-0.4, -0.2) is 13.1 Å². The van der Waals surface area contributed by atoms with E-state index in [1.807, 2.05) is 0 Å². The van der Waals surface area contributed by atoms with Crippen LogP contribution in [0.25, 0.3) is 0 Å². The Morgan fingerprint density at radius 3 is 1.60 bits per heavy atom. The first-order chi connectivity index (χ1) is 2.00. The third-order valence-electron chi connectivity index (χ3n) is 0. The molecule has 0 saturated carbocycles. The van der Waals surface area contributed by atoms with Gasteiger partial charge in [0.15, 0.2) is 0 Å². The Kier molecular flexibility index (Phi) is 1.04. The minimum absolute atomic E-state index is 1.77. The predicted octanol–water partition coefficient (Wildman–Crippen LogP) is 0.557. The minimum atomic E-state index is -1.86. The summed E-state index contributed by atoms with van der Waals surface area (Å²) in [5, 5.41) is 0. The zero-order valence-electron chi connectivity index (χ0n) is 3.65. The van der Waals surface area contributed by atoms with Gasteiger partial charge in [-0.15, -0.1) is 0 Å². The lowest BCUT2D eigenvalue weighted by Gasteiger charge is -1.87. The molecule has 0 aromatic carbocycles. The fourth-order valence-corrected chi connectivity index (χ4v) is 0. The number of hydrogen-bond acceptors (Lipinski definition) is 1. The van der Waals surface area contributed by atoms with Gasteiger partial charge in [-0.25, -0.2) is 0 Å². The van der Waals surface area contributed by atoms with E-state index in [-0.39, 0.29) is 0 Å². The van der Waals surface area contributed by atoms with Crippen molar-refractivity contribution in [2.75, 3.05) is 0 Å². The van der Waals surface area contributed by atoms with E-state index in [1.165, 1.54) is 0 Å². The summed E-state index contributed by atoms with van der Waals surface area (Å²) in [6, 6.07) is 0. The van der Waals surface area contributed by atoms with E-state index < -0.39 is 8.32 Å². The van der Waals surface area contributed by atoms with Crippen LogP contribution in [-0.2, 0) is 0 Å². The average molecular weight is 89.2 g/mol. The van der Waals surface area contributed by atoms with Crippen molar-refractivity contribution in [3.8, 4) is 0 Å². The van der Waals surface area contributed by atoms with Gasteiger partial charge in [0.25, 0.3) is 0 Å². The summed E-state index contributed by atoms with van der Waals surface area (Å²) < 4.78 is 0. The molecule has 0 rings (SSSR count). The molecular formula is C3H9OSi+. The van der Waals surface area contributed by atoms with Crippen LogP contribution in [0.5, 0.6) is 0 Å². The summed E-state index contributed by atoms with van der Waals surface area (Å²) in [5.74, 6) is 0. The van der Waals surface area contributed by atoms with Gasteiger partial charge < -0.3 is 4.80 Å². The van der Waals surface area contributed by atoms with Crippen molar-refractivity contribution >= 4 is 8.32 Å². The molecule has 0 aromatic heterocycles. The molecule has 0 heterocycles. The van der Waals surface area contributed by atoms with Crippen LogP contribution in [0.4, 0.5) is 0 Å². The van der Waals surface area contributed by atoms with Crippen molar-refractivity contribution in [2.24, 2.45) is 0 Å². The Morgan fingerprint density at radius 2 is 1.60 bits per heavy atom. The van der Waals surface area contributed by atoms with Crippen LogP contribution < -0.4 is 0 Å². The highest BCUT2D eigenvalue weighted by Crippen LogP contribution is 1.86. The van der Waals surface area contributed by atoms with Gasteiger partial charge in [-0.1, -0.05) is 0 Å². The second kappa shape index (κ2) is 1.03. The molecule has 1 N–H and O–H groups in total. The van der Waals surface area contributed by atoms with Crippen LogP contribution in [0, 0.1) is 6.55 Å². The molecule has 0 aliphatic carbocycles. The largest absolute Gasteiger partial charge is 0.401 e. The number of rotatable bonds is 0. The van der Waals surface area contributed by atoms with Gasteiger partial charge in [-0.05, 0) is 13.1 Å². The summed E-state index contributed by atoms with van der Waals surface area (Å²) >= 11 is 0. The van der Waals surface area contributed by atoms with Gasteiger partial charge in [-0.2, -0.15) is 0 Å². The molecule has 0 saturated heterocycles. The molecule has 0 atom stereocenters. The first kappa shape index (κ1) is 5.05. The topological polar surface area (TPSA) is 20.2 Å². The molecule has 0 unspecified atom stereocenters. The highest BCUT2D eigenvalue weighted by molar-refractivity contribution is 6.71. The van der Waals surface area contributed by atoms with Crippen LogP contribution >= 0.6 is 0 Å². The van der Waals surface area contributed by atoms with Crippen molar-refractivity contribution < 1.29 is 4.80 Å². The summed E-state index contributed by atoms with van der Waals surface area (Å²) in [6.45, 7) is 7.01. The smallest absolute Gasteiger partial charge is 0.396 e. The lowest BCUT2D eigenvalue weighted by Crippen LogP contribution is -2.18. The molecule has 1 nitrogen and oxygen atoms in total. The summed E-state index contributed by atoms with van der Waals surface area (Å²) in [7, 11) is -1.86. The summed E-state index contributed by atoms with van der Waals surface area (Å²) in [4.78, 5) is 8.55. The van der Waals surface area contributed by atoms with Crippen LogP contribution in [0.3, 0.4) is 0 Å². The highest BCUT2D eigenvalue weighted by atomic mass is 28.4. The van der Waals surface area contributed by atoms with E-state index in [0.717, 1.165) is 0 Å². The highest BCUT2D eigenvalue weighted by Gasteiger charge is 2.18. The van der Waals surface area contributed by atoms with Gasteiger partial charge in [0.1, 0.15) is 0 Å². The summed E-state index contributed by atoms with van der Waals surface area (Å²) in [6.07, 6.45) is 0. The SMILES string of the molecule is [CH2+][Si](C)(C)O. The lowest BCUT2D eigenvalue weighted by atomic mass is 11.8. The zero-order valence-corrected chi connectivity index (χ0v) is 4.65. The van der Waals surface area contributed by atoms with Crippen molar-refractivity contribution in [2.45, 2.75) is 13.1 Å². The quantitative estimate of drug-likeness (QED) is 0.339. The third kappa shape index (κ3) is 7710. The first-order valence-corrected chi connectivity index (χ1v) is 4.73. The second-order valence-corrected chi connectivity index (χ2v) is 5.44. The minimum Gasteiger partial charge on any atom is -0.396 e. The van der Waals surface area contributed by atoms with Gasteiger partial charge in [-0.3, -0.25) is 0 Å². The Hall–Kier alpha value is 0.0469. The van der Waals surface area contributed by atoms with Crippen LogP contribution in [0.1, 0.15) is 0 Å².